The standard InChI is InChI=1S/C15H21NO3/c17-14(10-15(18)7-1-2-8-15)16-12-4-3-5-13-11(12)6-9-19-13/h6,9,12,18H,1-5,7-8,10H2,(H,16,17). The summed E-state index contributed by atoms with van der Waals surface area (Å²) in [6, 6.07) is 2.00. The first-order valence-corrected chi connectivity index (χ1v) is 7.24. The summed E-state index contributed by atoms with van der Waals surface area (Å²) in [6.45, 7) is 0. The molecule has 2 aliphatic carbocycles. The molecule has 2 N–H and O–H groups in total. The van der Waals surface area contributed by atoms with Gasteiger partial charge < -0.3 is 14.8 Å². The van der Waals surface area contributed by atoms with Crippen molar-refractivity contribution < 1.29 is 14.3 Å². The first kappa shape index (κ1) is 12.7. The maximum absolute atomic E-state index is 12.1. The number of furan rings is 1. The number of carbonyl (C=O) groups is 1. The Hall–Kier alpha value is -1.29. The van der Waals surface area contributed by atoms with Crippen molar-refractivity contribution in [1.29, 1.82) is 0 Å². The second-order valence-corrected chi connectivity index (χ2v) is 5.92. The summed E-state index contributed by atoms with van der Waals surface area (Å²) in [5.41, 5.74) is 0.343. The summed E-state index contributed by atoms with van der Waals surface area (Å²) in [5.74, 6) is 0.958. The summed E-state index contributed by atoms with van der Waals surface area (Å²) in [7, 11) is 0. The fraction of sp³-hybridized carbons (Fsp3) is 0.667. The molecule has 1 fully saturated rings. The lowest BCUT2D eigenvalue weighted by Gasteiger charge is -2.26. The van der Waals surface area contributed by atoms with E-state index in [0.29, 0.717) is 0 Å². The molecule has 0 saturated heterocycles. The second kappa shape index (κ2) is 5.00. The highest BCUT2D eigenvalue weighted by atomic mass is 16.3. The van der Waals surface area contributed by atoms with Gasteiger partial charge in [0.2, 0.25) is 5.91 Å². The van der Waals surface area contributed by atoms with Crippen molar-refractivity contribution in [3.8, 4) is 0 Å². The van der Waals surface area contributed by atoms with E-state index in [9.17, 15) is 9.90 Å². The molecule has 1 unspecified atom stereocenters. The minimum Gasteiger partial charge on any atom is -0.469 e. The van der Waals surface area contributed by atoms with Crippen molar-refractivity contribution in [3.05, 3.63) is 23.7 Å². The van der Waals surface area contributed by atoms with Crippen LogP contribution in [0.5, 0.6) is 0 Å². The van der Waals surface area contributed by atoms with Crippen LogP contribution in [-0.4, -0.2) is 16.6 Å². The molecule has 104 valence electrons. The van der Waals surface area contributed by atoms with Crippen molar-refractivity contribution in [2.75, 3.05) is 0 Å². The van der Waals surface area contributed by atoms with Gasteiger partial charge in [-0.1, -0.05) is 12.8 Å². The van der Waals surface area contributed by atoms with E-state index in [-0.39, 0.29) is 18.4 Å². The minimum atomic E-state index is -0.766. The van der Waals surface area contributed by atoms with E-state index in [1.54, 1.807) is 6.26 Å². The Balaban J connectivity index is 1.62. The Kier molecular flexibility index (Phi) is 3.35. The number of rotatable bonds is 3. The monoisotopic (exact) mass is 263 g/mol. The van der Waals surface area contributed by atoms with E-state index in [2.05, 4.69) is 5.32 Å². The SMILES string of the molecule is O=C(CC1(O)CCCC1)NC1CCCc2occc21. The summed E-state index contributed by atoms with van der Waals surface area (Å²) in [4.78, 5) is 12.1. The van der Waals surface area contributed by atoms with Crippen LogP contribution in [-0.2, 0) is 11.2 Å². The number of aliphatic hydroxyl groups is 1. The average Bonchev–Trinajstić information content (AvgIpc) is 2.98. The first-order valence-electron chi connectivity index (χ1n) is 7.24. The van der Waals surface area contributed by atoms with Crippen molar-refractivity contribution in [1.82, 2.24) is 5.32 Å². The Bertz CT molecular complexity index is 460. The van der Waals surface area contributed by atoms with Crippen molar-refractivity contribution in [2.24, 2.45) is 0 Å². The predicted octanol–water partition coefficient (Wildman–Crippen LogP) is 2.47. The third-order valence-corrected chi connectivity index (χ3v) is 4.41. The molecule has 4 heteroatoms. The molecule has 0 aliphatic heterocycles. The average molecular weight is 263 g/mol. The van der Waals surface area contributed by atoms with Crippen LogP contribution in [0.15, 0.2) is 16.7 Å². The molecule has 19 heavy (non-hydrogen) atoms. The smallest absolute Gasteiger partial charge is 0.223 e. The number of hydrogen-bond acceptors (Lipinski definition) is 3. The Morgan fingerprint density at radius 3 is 3.00 bits per heavy atom. The zero-order valence-electron chi connectivity index (χ0n) is 11.2. The summed E-state index contributed by atoms with van der Waals surface area (Å²) < 4.78 is 5.42. The lowest BCUT2D eigenvalue weighted by molar-refractivity contribution is -0.126. The van der Waals surface area contributed by atoms with E-state index in [1.807, 2.05) is 6.07 Å². The van der Waals surface area contributed by atoms with Gasteiger partial charge in [-0.3, -0.25) is 4.79 Å². The Morgan fingerprint density at radius 2 is 2.21 bits per heavy atom. The zero-order valence-corrected chi connectivity index (χ0v) is 11.2. The normalized spacial score (nSPS) is 25.0. The van der Waals surface area contributed by atoms with Crippen LogP contribution in [0.25, 0.3) is 0 Å². The van der Waals surface area contributed by atoms with Crippen molar-refractivity contribution in [3.63, 3.8) is 0 Å². The maximum Gasteiger partial charge on any atom is 0.223 e. The highest BCUT2D eigenvalue weighted by Crippen LogP contribution is 2.34. The van der Waals surface area contributed by atoms with Gasteiger partial charge in [-0.25, -0.2) is 0 Å². The molecular formula is C15H21NO3. The highest BCUT2D eigenvalue weighted by molar-refractivity contribution is 5.77. The molecule has 1 heterocycles. The number of nitrogens with one attached hydrogen (secondary N) is 1. The molecule has 0 aromatic carbocycles. The van der Waals surface area contributed by atoms with Crippen LogP contribution < -0.4 is 5.32 Å². The maximum atomic E-state index is 12.1. The van der Waals surface area contributed by atoms with Gasteiger partial charge in [0.05, 0.1) is 24.3 Å². The molecule has 1 amide bonds. The van der Waals surface area contributed by atoms with E-state index in [4.69, 9.17) is 4.42 Å². The molecule has 1 atom stereocenters. The van der Waals surface area contributed by atoms with Gasteiger partial charge in [-0.05, 0) is 31.7 Å². The van der Waals surface area contributed by atoms with Gasteiger partial charge in [-0.15, -0.1) is 0 Å². The number of fused-ring (bicyclic) bond motifs is 1. The van der Waals surface area contributed by atoms with Crippen LogP contribution >= 0.6 is 0 Å². The first-order chi connectivity index (χ1) is 9.16. The topological polar surface area (TPSA) is 62.5 Å². The van der Waals surface area contributed by atoms with Gasteiger partial charge >= 0.3 is 0 Å². The number of carbonyl (C=O) groups excluding carboxylic acids is 1. The van der Waals surface area contributed by atoms with Crippen molar-refractivity contribution >= 4 is 5.91 Å². The lowest BCUT2D eigenvalue weighted by Crippen LogP contribution is -2.37. The van der Waals surface area contributed by atoms with Crippen molar-refractivity contribution in [2.45, 2.75) is 63.0 Å². The molecule has 1 aromatic heterocycles. The van der Waals surface area contributed by atoms with Gasteiger partial charge in [0.15, 0.2) is 0 Å². The van der Waals surface area contributed by atoms with E-state index < -0.39 is 5.60 Å². The zero-order chi connectivity index (χ0) is 13.3. The minimum absolute atomic E-state index is 0.0385. The summed E-state index contributed by atoms with van der Waals surface area (Å²) in [5, 5.41) is 13.3. The molecular weight excluding hydrogens is 242 g/mol. The Labute approximate surface area is 113 Å². The van der Waals surface area contributed by atoms with Crippen LogP contribution in [0, 0.1) is 0 Å². The fourth-order valence-corrected chi connectivity index (χ4v) is 3.39. The third-order valence-electron chi connectivity index (χ3n) is 4.41. The number of aryl methyl sites for hydroxylation is 1. The van der Waals surface area contributed by atoms with Crippen LogP contribution in [0.4, 0.5) is 0 Å². The second-order valence-electron chi connectivity index (χ2n) is 5.92. The molecule has 2 aliphatic rings. The highest BCUT2D eigenvalue weighted by Gasteiger charge is 2.34. The molecule has 0 spiro atoms. The number of hydrogen-bond donors (Lipinski definition) is 2. The largest absolute Gasteiger partial charge is 0.469 e. The molecule has 1 aromatic rings. The molecule has 0 bridgehead atoms. The van der Waals surface area contributed by atoms with Crippen LogP contribution in [0.1, 0.15) is 62.3 Å². The quantitative estimate of drug-likeness (QED) is 0.880. The van der Waals surface area contributed by atoms with E-state index in [0.717, 1.165) is 56.3 Å². The fourth-order valence-electron chi connectivity index (χ4n) is 3.39. The van der Waals surface area contributed by atoms with Crippen LogP contribution in [0.3, 0.4) is 0 Å². The van der Waals surface area contributed by atoms with Gasteiger partial charge in [0, 0.05) is 12.0 Å². The predicted molar refractivity (Wildman–Crippen MR) is 70.6 cm³/mol. The van der Waals surface area contributed by atoms with E-state index >= 15 is 0 Å². The summed E-state index contributed by atoms with van der Waals surface area (Å²) in [6.07, 6.45) is 8.43. The lowest BCUT2D eigenvalue weighted by atomic mass is 9.92. The number of amides is 1. The third kappa shape index (κ3) is 2.68. The summed E-state index contributed by atoms with van der Waals surface area (Å²) >= 11 is 0. The van der Waals surface area contributed by atoms with Crippen LogP contribution in [0.2, 0.25) is 0 Å². The Morgan fingerprint density at radius 1 is 1.42 bits per heavy atom. The molecule has 3 rings (SSSR count). The van der Waals surface area contributed by atoms with Gasteiger partial charge in [0.25, 0.3) is 0 Å². The molecule has 1 saturated carbocycles. The molecule has 0 radical (unpaired) electrons. The van der Waals surface area contributed by atoms with Gasteiger partial charge in [-0.2, -0.15) is 0 Å². The molecule has 4 nitrogen and oxygen atoms in total. The van der Waals surface area contributed by atoms with Gasteiger partial charge in [0.1, 0.15) is 5.76 Å². The van der Waals surface area contributed by atoms with E-state index in [1.165, 1.54) is 0 Å².